The maximum absolute atomic E-state index is 13.4. The van der Waals surface area contributed by atoms with Gasteiger partial charge >= 0.3 is 6.03 Å². The number of hydrogen-bond acceptors (Lipinski definition) is 6. The van der Waals surface area contributed by atoms with Gasteiger partial charge in [-0.15, -0.1) is 0 Å². The van der Waals surface area contributed by atoms with Gasteiger partial charge in [-0.3, -0.25) is 20.3 Å². The molecule has 2 amide bonds. The highest BCUT2D eigenvalue weighted by atomic mass is 16.2. The lowest BCUT2D eigenvalue weighted by molar-refractivity contribution is 0.104. The van der Waals surface area contributed by atoms with Crippen molar-refractivity contribution >= 4 is 23.7 Å². The van der Waals surface area contributed by atoms with Gasteiger partial charge in [0.05, 0.1) is 22.5 Å². The van der Waals surface area contributed by atoms with Gasteiger partial charge in [-0.2, -0.15) is 5.10 Å². The molecule has 0 radical (unpaired) electrons. The molecule has 2 aromatic rings. The van der Waals surface area contributed by atoms with Gasteiger partial charge in [0.1, 0.15) is 5.69 Å². The van der Waals surface area contributed by atoms with E-state index in [1.54, 1.807) is 18.4 Å². The van der Waals surface area contributed by atoms with Crippen molar-refractivity contribution in [3.63, 3.8) is 0 Å². The van der Waals surface area contributed by atoms with Gasteiger partial charge in [0.25, 0.3) is 0 Å². The van der Waals surface area contributed by atoms with Crippen LogP contribution in [-0.2, 0) is 6.42 Å². The van der Waals surface area contributed by atoms with Crippen LogP contribution in [0.2, 0.25) is 0 Å². The number of nitrogens with zero attached hydrogens (tertiary/aromatic N) is 3. The summed E-state index contributed by atoms with van der Waals surface area (Å²) in [6.07, 6.45) is 16.7. The van der Waals surface area contributed by atoms with Crippen LogP contribution in [-0.4, -0.2) is 59.9 Å². The molecule has 1 aliphatic heterocycles. The number of aliphatic imine (C=N–C) groups is 1. The summed E-state index contributed by atoms with van der Waals surface area (Å²) in [6.45, 7) is 17.7. The zero-order valence-corrected chi connectivity index (χ0v) is 26.3. The summed E-state index contributed by atoms with van der Waals surface area (Å²) in [6, 6.07) is 5.12. The molecule has 0 unspecified atom stereocenters. The third-order valence-corrected chi connectivity index (χ3v) is 6.88. The molecule has 43 heavy (non-hydrogen) atoms. The van der Waals surface area contributed by atoms with E-state index in [0.717, 1.165) is 49.3 Å². The lowest BCUT2D eigenvalue weighted by atomic mass is 10.0. The number of amides is 2. The van der Waals surface area contributed by atoms with Gasteiger partial charge < -0.3 is 10.6 Å². The van der Waals surface area contributed by atoms with Crippen LogP contribution < -0.4 is 16.1 Å². The molecule has 9 nitrogen and oxygen atoms in total. The van der Waals surface area contributed by atoms with Crippen molar-refractivity contribution in [1.82, 2.24) is 25.9 Å². The maximum Gasteiger partial charge on any atom is 0.333 e. The van der Waals surface area contributed by atoms with Crippen LogP contribution in [0.3, 0.4) is 0 Å². The van der Waals surface area contributed by atoms with E-state index in [1.165, 1.54) is 18.2 Å². The lowest BCUT2D eigenvalue weighted by Gasteiger charge is -2.26. The maximum atomic E-state index is 13.4. The zero-order valence-electron chi connectivity index (χ0n) is 26.3. The van der Waals surface area contributed by atoms with Gasteiger partial charge in [0.2, 0.25) is 0 Å². The molecule has 2 aliphatic rings. The largest absolute Gasteiger partial charge is 0.333 e. The van der Waals surface area contributed by atoms with Crippen molar-refractivity contribution in [1.29, 1.82) is 0 Å². The van der Waals surface area contributed by atoms with E-state index in [9.17, 15) is 9.59 Å². The van der Waals surface area contributed by atoms with Gasteiger partial charge in [0.15, 0.2) is 5.78 Å². The average molecular weight is 586 g/mol. The molecule has 1 aromatic heterocycles. The van der Waals surface area contributed by atoms with E-state index in [2.05, 4.69) is 57.4 Å². The molecule has 2 heterocycles. The molecule has 230 valence electrons. The van der Waals surface area contributed by atoms with Crippen LogP contribution in [0, 0.1) is 0 Å². The number of aromatic amines is 1. The second kappa shape index (κ2) is 19.0. The molecular weight excluding hydrogens is 538 g/mol. The molecule has 1 fully saturated rings. The first-order chi connectivity index (χ1) is 20.8. The number of urea groups is 1. The molecule has 0 bridgehead atoms. The van der Waals surface area contributed by atoms with E-state index >= 15 is 0 Å². The molecule has 9 heteroatoms. The molecular formula is C34H47N7O2. The fraction of sp³-hybridized carbons (Fsp3) is 0.353. The SMILES string of the molecule is C/C=C(\C)CNC.C=C/C=C\C(=C/C)Cc1[nH]nc2c1C(=O)c1c(NC(=O)NN3CCCCC3)cccc1-2.C=CN=CC. The van der Waals surface area contributed by atoms with Crippen molar-refractivity contribution < 1.29 is 9.59 Å². The number of likely N-dealkylation sites (N-methyl/N-ethyl adjacent to an activating group) is 1. The summed E-state index contributed by atoms with van der Waals surface area (Å²) < 4.78 is 0. The quantitative estimate of drug-likeness (QED) is 0.126. The standard InChI is InChI=1S/C24H27N5O2.C6H13N.C4H7N/c1-3-5-10-16(4-2)15-19-21-22(27-26-19)17-11-9-12-18(20(17)23(21)30)25-24(31)28-29-13-7-6-8-14-29;1-4-6(2)5-7-3;1-3-5-4-2/h3-5,9-12H,1,6-8,13-15H2,2H3,(H,26,27)(H2,25,28,31);4,7H,5H2,1-3H3;3-4H,1H2,2H3/b10-5-,16-4+;6-4+;. The predicted molar refractivity (Wildman–Crippen MR) is 180 cm³/mol. The number of fused-ring (bicyclic) bond motifs is 3. The molecule has 0 saturated carbocycles. The summed E-state index contributed by atoms with van der Waals surface area (Å²) in [5.41, 5.74) is 9.03. The Morgan fingerprint density at radius 2 is 1.86 bits per heavy atom. The van der Waals surface area contributed by atoms with Crippen LogP contribution in [0.15, 0.2) is 84.1 Å². The first-order valence-electron chi connectivity index (χ1n) is 14.7. The van der Waals surface area contributed by atoms with E-state index < -0.39 is 0 Å². The number of allylic oxidation sites excluding steroid dienone is 6. The number of rotatable bonds is 9. The number of nitrogens with one attached hydrogen (secondary N) is 4. The summed E-state index contributed by atoms with van der Waals surface area (Å²) in [5, 5.41) is 15.3. The minimum Gasteiger partial charge on any atom is -0.316 e. The number of carbonyl (C=O) groups excluding carboxylic acids is 2. The monoisotopic (exact) mass is 585 g/mol. The molecule has 4 rings (SSSR count). The van der Waals surface area contributed by atoms with Crippen molar-refractivity contribution in [2.24, 2.45) is 4.99 Å². The number of benzene rings is 1. The van der Waals surface area contributed by atoms with Crippen LogP contribution in [0.4, 0.5) is 10.5 Å². The van der Waals surface area contributed by atoms with Crippen molar-refractivity contribution in [3.05, 3.63) is 95.9 Å². The highest BCUT2D eigenvalue weighted by molar-refractivity contribution is 6.25. The fourth-order valence-corrected chi connectivity index (χ4v) is 4.61. The number of hydrogen-bond donors (Lipinski definition) is 4. The topological polar surface area (TPSA) is 115 Å². The number of anilines is 1. The number of H-pyrrole nitrogens is 1. The number of hydrazine groups is 1. The fourth-order valence-electron chi connectivity index (χ4n) is 4.61. The third-order valence-electron chi connectivity index (χ3n) is 6.88. The Balaban J connectivity index is 0.000000455. The minimum atomic E-state index is -0.333. The van der Waals surface area contributed by atoms with Gasteiger partial charge in [-0.05, 0) is 59.2 Å². The van der Waals surface area contributed by atoms with Crippen LogP contribution in [0.5, 0.6) is 0 Å². The van der Waals surface area contributed by atoms with Gasteiger partial charge in [-0.1, -0.05) is 67.7 Å². The van der Waals surface area contributed by atoms with Crippen LogP contribution in [0.25, 0.3) is 11.3 Å². The summed E-state index contributed by atoms with van der Waals surface area (Å²) in [5.74, 6) is -0.120. The molecule has 0 atom stereocenters. The summed E-state index contributed by atoms with van der Waals surface area (Å²) in [4.78, 5) is 29.5. The van der Waals surface area contributed by atoms with E-state index in [1.807, 2.05) is 63.2 Å². The molecule has 1 aromatic carbocycles. The van der Waals surface area contributed by atoms with Gasteiger partial charge in [0, 0.05) is 44.0 Å². The van der Waals surface area contributed by atoms with Crippen molar-refractivity contribution in [3.8, 4) is 11.3 Å². The molecule has 0 spiro atoms. The minimum absolute atomic E-state index is 0.120. The Labute approximate surface area is 256 Å². The van der Waals surface area contributed by atoms with Crippen LogP contribution >= 0.6 is 0 Å². The van der Waals surface area contributed by atoms with E-state index in [-0.39, 0.29) is 11.8 Å². The Morgan fingerprint density at radius 1 is 1.12 bits per heavy atom. The number of piperidine rings is 1. The lowest BCUT2D eigenvalue weighted by Crippen LogP contribution is -2.46. The highest BCUT2D eigenvalue weighted by Crippen LogP contribution is 2.40. The Morgan fingerprint density at radius 3 is 2.42 bits per heavy atom. The first-order valence-corrected chi connectivity index (χ1v) is 14.7. The second-order valence-electron chi connectivity index (χ2n) is 9.99. The Kier molecular flexibility index (Phi) is 15.4. The molecule has 4 N–H and O–H groups in total. The van der Waals surface area contributed by atoms with E-state index in [0.29, 0.717) is 28.9 Å². The Hall–Kier alpha value is -4.34. The zero-order chi connectivity index (χ0) is 31.6. The Bertz CT molecular complexity index is 1360. The van der Waals surface area contributed by atoms with Gasteiger partial charge in [-0.25, -0.2) is 9.80 Å². The predicted octanol–water partition coefficient (Wildman–Crippen LogP) is 6.77. The molecule has 1 aliphatic carbocycles. The smallest absolute Gasteiger partial charge is 0.316 e. The number of carbonyl (C=O) groups is 2. The second-order valence-corrected chi connectivity index (χ2v) is 9.99. The van der Waals surface area contributed by atoms with E-state index in [4.69, 9.17) is 0 Å². The van der Waals surface area contributed by atoms with Crippen LogP contribution in [0.1, 0.15) is 68.6 Å². The van der Waals surface area contributed by atoms with Crippen molar-refractivity contribution in [2.45, 2.75) is 53.4 Å². The highest BCUT2D eigenvalue weighted by Gasteiger charge is 2.34. The first kappa shape index (κ1) is 34.9. The molecule has 1 saturated heterocycles. The normalized spacial score (nSPS) is 14.8. The summed E-state index contributed by atoms with van der Waals surface area (Å²) >= 11 is 0. The number of ketones is 1. The van der Waals surface area contributed by atoms with Crippen molar-refractivity contribution in [2.75, 3.05) is 32.0 Å². The average Bonchev–Trinajstić information content (AvgIpc) is 3.56. The third kappa shape index (κ3) is 10.5. The summed E-state index contributed by atoms with van der Waals surface area (Å²) in [7, 11) is 1.95. The number of aromatic nitrogens is 2.